The molecule has 1 aromatic heterocycles. The Bertz CT molecular complexity index is 452. The van der Waals surface area contributed by atoms with E-state index in [9.17, 15) is 13.5 Å². The Balaban J connectivity index is 2.82. The summed E-state index contributed by atoms with van der Waals surface area (Å²) >= 11 is 1.16. The van der Waals surface area contributed by atoms with Crippen LogP contribution in [0.25, 0.3) is 0 Å². The van der Waals surface area contributed by atoms with Crippen molar-refractivity contribution in [2.24, 2.45) is 0 Å². The molecule has 0 amide bonds. The first-order chi connectivity index (χ1) is 7.90. The lowest BCUT2D eigenvalue weighted by atomic mass is 10.3. The summed E-state index contributed by atoms with van der Waals surface area (Å²) in [5, 5.41) is 11.2. The maximum absolute atomic E-state index is 11.9. The number of aliphatic hydroxyl groups excluding tert-OH is 1. The Morgan fingerprint density at radius 1 is 1.53 bits per heavy atom. The maximum Gasteiger partial charge on any atom is 0.303 e. The number of thiazole rings is 1. The highest BCUT2D eigenvalue weighted by atomic mass is 32.2. The number of hydrogen-bond acceptors (Lipinski definition) is 5. The van der Waals surface area contributed by atoms with E-state index in [2.05, 4.69) is 9.71 Å². The van der Waals surface area contributed by atoms with E-state index in [4.69, 9.17) is 0 Å². The zero-order valence-corrected chi connectivity index (χ0v) is 11.7. The Labute approximate surface area is 105 Å². The van der Waals surface area contributed by atoms with Crippen molar-refractivity contribution in [1.29, 1.82) is 0 Å². The van der Waals surface area contributed by atoms with Crippen LogP contribution in [0.1, 0.15) is 32.6 Å². The lowest BCUT2D eigenvalue weighted by Crippen LogP contribution is -2.35. The molecule has 1 heterocycles. The smallest absolute Gasteiger partial charge is 0.303 e. The average molecular weight is 279 g/mol. The lowest BCUT2D eigenvalue weighted by molar-refractivity contribution is 0.195. The molecule has 1 atom stereocenters. The molecule has 0 saturated heterocycles. The van der Waals surface area contributed by atoms with Crippen molar-refractivity contribution < 1.29 is 13.5 Å². The fraction of sp³-hybridized carbons (Fsp3) is 0.667. The fourth-order valence-electron chi connectivity index (χ4n) is 1.26. The zero-order valence-electron chi connectivity index (χ0n) is 10.0. The molecule has 0 aliphatic heterocycles. The molecule has 98 valence electrons. The molecule has 0 spiro atoms. The lowest BCUT2D eigenvalue weighted by Gasteiger charge is -2.17. The topological polar surface area (TPSA) is 82.5 Å². The van der Waals surface area contributed by atoms with Crippen molar-refractivity contribution in [2.75, 3.05) is 17.8 Å². The van der Waals surface area contributed by atoms with Gasteiger partial charge in [0.15, 0.2) is 5.13 Å². The second-order valence-corrected chi connectivity index (χ2v) is 5.97. The first-order valence-electron chi connectivity index (χ1n) is 5.32. The third kappa shape index (κ3) is 3.63. The summed E-state index contributed by atoms with van der Waals surface area (Å²) in [7, 11) is -3.54. The van der Waals surface area contributed by atoms with Gasteiger partial charge in [0.2, 0.25) is 0 Å². The monoisotopic (exact) mass is 279 g/mol. The van der Waals surface area contributed by atoms with Gasteiger partial charge in [-0.15, -0.1) is 11.3 Å². The van der Waals surface area contributed by atoms with Crippen molar-refractivity contribution in [3.63, 3.8) is 0 Å². The number of anilines is 1. The van der Waals surface area contributed by atoms with Crippen LogP contribution in [-0.2, 0) is 10.2 Å². The average Bonchev–Trinajstić information content (AvgIpc) is 2.66. The first kappa shape index (κ1) is 14.4. The van der Waals surface area contributed by atoms with Crippen LogP contribution in [0.5, 0.6) is 0 Å². The molecule has 8 heteroatoms. The van der Waals surface area contributed by atoms with Crippen LogP contribution in [0.4, 0.5) is 5.13 Å². The summed E-state index contributed by atoms with van der Waals surface area (Å²) in [4.78, 5) is 4.00. The minimum absolute atomic E-state index is 0.271. The predicted octanol–water partition coefficient (Wildman–Crippen LogP) is 1.19. The van der Waals surface area contributed by atoms with Crippen molar-refractivity contribution in [3.8, 4) is 0 Å². The van der Waals surface area contributed by atoms with E-state index in [0.29, 0.717) is 18.8 Å². The fourth-order valence-corrected chi connectivity index (χ4v) is 3.49. The summed E-state index contributed by atoms with van der Waals surface area (Å²) in [6, 6.07) is 0. The third-order valence-corrected chi connectivity index (χ3v) is 4.76. The van der Waals surface area contributed by atoms with Gasteiger partial charge >= 0.3 is 10.2 Å². The van der Waals surface area contributed by atoms with Crippen molar-refractivity contribution in [3.05, 3.63) is 11.1 Å². The molecule has 0 aliphatic rings. The van der Waals surface area contributed by atoms with E-state index >= 15 is 0 Å². The normalized spacial score (nSPS) is 13.9. The van der Waals surface area contributed by atoms with Gasteiger partial charge in [-0.2, -0.15) is 12.7 Å². The predicted molar refractivity (Wildman–Crippen MR) is 68.2 cm³/mol. The van der Waals surface area contributed by atoms with Crippen LogP contribution in [0.2, 0.25) is 0 Å². The summed E-state index contributed by atoms with van der Waals surface area (Å²) in [5.74, 6) is 0. The number of aromatic nitrogens is 1. The molecule has 0 aromatic carbocycles. The van der Waals surface area contributed by atoms with Gasteiger partial charge in [-0.3, -0.25) is 0 Å². The zero-order chi connectivity index (χ0) is 13.1. The Hall–Kier alpha value is -0.700. The Morgan fingerprint density at radius 2 is 2.12 bits per heavy atom. The van der Waals surface area contributed by atoms with Gasteiger partial charge in [0.05, 0.1) is 11.8 Å². The van der Waals surface area contributed by atoms with Gasteiger partial charge < -0.3 is 5.11 Å². The molecular weight excluding hydrogens is 262 g/mol. The van der Waals surface area contributed by atoms with E-state index in [1.165, 1.54) is 4.31 Å². The van der Waals surface area contributed by atoms with Crippen LogP contribution >= 0.6 is 11.3 Å². The largest absolute Gasteiger partial charge is 0.387 e. The number of nitrogens with one attached hydrogen (secondary N) is 1. The minimum Gasteiger partial charge on any atom is -0.387 e. The van der Waals surface area contributed by atoms with Crippen molar-refractivity contribution in [1.82, 2.24) is 9.29 Å². The molecular formula is C9H17N3O3S2. The highest BCUT2D eigenvalue weighted by molar-refractivity contribution is 7.90. The van der Waals surface area contributed by atoms with Gasteiger partial charge in [-0.05, 0) is 6.92 Å². The van der Waals surface area contributed by atoms with Gasteiger partial charge in [-0.25, -0.2) is 9.71 Å². The molecule has 17 heavy (non-hydrogen) atoms. The third-order valence-electron chi connectivity index (χ3n) is 2.21. The molecule has 0 bridgehead atoms. The van der Waals surface area contributed by atoms with Crippen LogP contribution in [0.3, 0.4) is 0 Å². The first-order valence-corrected chi connectivity index (χ1v) is 7.64. The molecule has 0 aliphatic carbocycles. The molecule has 6 nitrogen and oxygen atoms in total. The number of rotatable bonds is 6. The molecule has 2 N–H and O–H groups in total. The van der Waals surface area contributed by atoms with Gasteiger partial charge in [0.1, 0.15) is 0 Å². The summed E-state index contributed by atoms with van der Waals surface area (Å²) in [5.41, 5.74) is 0.465. The van der Waals surface area contributed by atoms with E-state index < -0.39 is 16.3 Å². The molecule has 1 aromatic rings. The molecule has 1 rings (SSSR count). The minimum atomic E-state index is -3.54. The summed E-state index contributed by atoms with van der Waals surface area (Å²) in [6.07, 6.45) is -0.696. The number of hydrogen-bond donors (Lipinski definition) is 2. The van der Waals surface area contributed by atoms with Gasteiger partial charge in [0.25, 0.3) is 0 Å². The van der Waals surface area contributed by atoms with E-state index in [1.807, 2.05) is 0 Å². The second kappa shape index (κ2) is 5.76. The SMILES string of the molecule is CCN(CC)S(=O)(=O)Nc1nc(C(C)O)cs1. The highest BCUT2D eigenvalue weighted by Crippen LogP contribution is 2.21. The maximum atomic E-state index is 11.9. The number of nitrogens with zero attached hydrogens (tertiary/aromatic N) is 2. The van der Waals surface area contributed by atoms with E-state index in [-0.39, 0.29) is 5.13 Å². The number of aliphatic hydroxyl groups is 1. The Morgan fingerprint density at radius 3 is 2.53 bits per heavy atom. The summed E-state index contributed by atoms with van der Waals surface area (Å²) in [6.45, 7) is 5.93. The van der Waals surface area contributed by atoms with Crippen LogP contribution in [0, 0.1) is 0 Å². The van der Waals surface area contributed by atoms with Crippen LogP contribution in [0.15, 0.2) is 5.38 Å². The standard InChI is InChI=1S/C9H17N3O3S2/c1-4-12(5-2)17(14,15)11-9-10-8(6-16-9)7(3)13/h6-7,13H,4-5H2,1-3H3,(H,10,11). The highest BCUT2D eigenvalue weighted by Gasteiger charge is 2.20. The van der Waals surface area contributed by atoms with Crippen LogP contribution in [-0.4, -0.2) is 35.9 Å². The van der Waals surface area contributed by atoms with Gasteiger partial charge in [-0.1, -0.05) is 13.8 Å². The molecule has 0 fully saturated rings. The van der Waals surface area contributed by atoms with E-state index in [0.717, 1.165) is 11.3 Å². The quantitative estimate of drug-likeness (QED) is 0.819. The van der Waals surface area contributed by atoms with E-state index in [1.54, 1.807) is 26.2 Å². The molecule has 0 saturated carbocycles. The summed E-state index contributed by atoms with van der Waals surface area (Å²) < 4.78 is 27.4. The van der Waals surface area contributed by atoms with Crippen LogP contribution < -0.4 is 4.72 Å². The van der Waals surface area contributed by atoms with Gasteiger partial charge in [0, 0.05) is 18.5 Å². The molecule has 0 radical (unpaired) electrons. The second-order valence-electron chi connectivity index (χ2n) is 3.44. The Kier molecular flexibility index (Phi) is 4.87. The van der Waals surface area contributed by atoms with Crippen molar-refractivity contribution >= 4 is 26.7 Å². The molecule has 1 unspecified atom stereocenters. The van der Waals surface area contributed by atoms with Crippen molar-refractivity contribution in [2.45, 2.75) is 26.9 Å².